The van der Waals surface area contributed by atoms with Gasteiger partial charge in [0.1, 0.15) is 0 Å². The number of carbonyl (C=O) groups excluding carboxylic acids is 1. The second kappa shape index (κ2) is 6.03. The molecule has 0 saturated heterocycles. The summed E-state index contributed by atoms with van der Waals surface area (Å²) in [7, 11) is 0. The van der Waals surface area contributed by atoms with E-state index >= 15 is 0 Å². The van der Waals surface area contributed by atoms with E-state index in [1.165, 1.54) is 12.8 Å². The molecule has 7 heteroatoms. The maximum Gasteiger partial charge on any atom is 0.224 e. The first-order valence-electron chi connectivity index (χ1n) is 8.83. The van der Waals surface area contributed by atoms with Gasteiger partial charge in [0.25, 0.3) is 0 Å². The predicted octanol–water partition coefficient (Wildman–Crippen LogP) is 4.51. The summed E-state index contributed by atoms with van der Waals surface area (Å²) in [5, 5.41) is 6.16. The van der Waals surface area contributed by atoms with Gasteiger partial charge >= 0.3 is 0 Å². The van der Waals surface area contributed by atoms with Gasteiger partial charge in [-0.15, -0.1) is 0 Å². The Morgan fingerprint density at radius 2 is 1.92 bits per heavy atom. The lowest BCUT2D eigenvalue weighted by Crippen LogP contribution is -2.11. The van der Waals surface area contributed by atoms with Gasteiger partial charge in [-0.2, -0.15) is 10.1 Å². The van der Waals surface area contributed by atoms with E-state index in [2.05, 4.69) is 15.1 Å². The number of aromatic nitrogens is 4. The molecule has 1 fully saturated rings. The van der Waals surface area contributed by atoms with E-state index in [1.54, 1.807) is 0 Å². The number of fused-ring (bicyclic) bond motifs is 2. The van der Waals surface area contributed by atoms with Gasteiger partial charge in [0.2, 0.25) is 5.28 Å². The quantitative estimate of drug-likeness (QED) is 0.608. The van der Waals surface area contributed by atoms with Crippen molar-refractivity contribution in [1.29, 1.82) is 0 Å². The Balaban J connectivity index is 1.69. The maximum absolute atomic E-state index is 12.8. The van der Waals surface area contributed by atoms with Crippen LogP contribution in [0.15, 0.2) is 24.4 Å². The van der Waals surface area contributed by atoms with Crippen LogP contribution < -0.4 is 0 Å². The number of rotatable bonds is 2. The first kappa shape index (κ1) is 16.2. The summed E-state index contributed by atoms with van der Waals surface area (Å²) >= 11 is 12.3. The molecule has 1 aromatic carbocycles. The molecule has 2 aliphatic carbocycles. The molecule has 2 aromatic heterocycles. The zero-order valence-electron chi connectivity index (χ0n) is 14.0. The Morgan fingerprint density at radius 1 is 1.12 bits per heavy atom. The van der Waals surface area contributed by atoms with Crippen LogP contribution in [0.1, 0.15) is 54.5 Å². The second-order valence-electron chi connectivity index (χ2n) is 7.08. The van der Waals surface area contributed by atoms with Crippen LogP contribution in [0, 0.1) is 0 Å². The molecule has 3 aromatic rings. The van der Waals surface area contributed by atoms with Crippen molar-refractivity contribution in [3.8, 4) is 0 Å². The Kier molecular flexibility index (Phi) is 3.76. The predicted molar refractivity (Wildman–Crippen MR) is 99.8 cm³/mol. The molecule has 1 atom stereocenters. The van der Waals surface area contributed by atoms with Gasteiger partial charge in [0.05, 0.1) is 23.0 Å². The minimum atomic E-state index is -0.465. The zero-order chi connectivity index (χ0) is 17.8. The van der Waals surface area contributed by atoms with Gasteiger partial charge in [-0.1, -0.05) is 30.5 Å². The lowest BCUT2D eigenvalue weighted by Gasteiger charge is -2.11. The van der Waals surface area contributed by atoms with Crippen molar-refractivity contribution in [2.75, 3.05) is 0 Å². The summed E-state index contributed by atoms with van der Waals surface area (Å²) in [5.74, 6) is -0.361. The summed E-state index contributed by atoms with van der Waals surface area (Å²) in [6.07, 6.45) is 7.03. The molecule has 0 bridgehead atoms. The van der Waals surface area contributed by atoms with E-state index in [0.29, 0.717) is 28.8 Å². The third kappa shape index (κ3) is 2.53. The summed E-state index contributed by atoms with van der Waals surface area (Å²) in [4.78, 5) is 21.5. The van der Waals surface area contributed by atoms with Crippen LogP contribution in [0.5, 0.6) is 0 Å². The largest absolute Gasteiger partial charge is 0.298 e. The molecule has 0 spiro atoms. The highest BCUT2D eigenvalue weighted by molar-refractivity contribution is 6.30. The highest BCUT2D eigenvalue weighted by Crippen LogP contribution is 2.39. The normalized spacial score (nSPS) is 20.2. The molecule has 1 unspecified atom stereocenters. The zero-order valence-corrected chi connectivity index (χ0v) is 15.5. The molecule has 132 valence electrons. The molecule has 5 rings (SSSR count). The van der Waals surface area contributed by atoms with Gasteiger partial charge in [-0.05, 0) is 47.7 Å². The fourth-order valence-electron chi connectivity index (χ4n) is 4.25. The average Bonchev–Trinajstić information content (AvgIpc) is 3.30. The van der Waals surface area contributed by atoms with Gasteiger partial charge in [-0.25, -0.2) is 4.98 Å². The number of hydrogen-bond donors (Lipinski definition) is 0. The minimum Gasteiger partial charge on any atom is -0.298 e. The SMILES string of the molecule is O=C1Cc2ccc(Cl)cc2C1c1nc(Cl)nc2nn(C3CCCC3)cc12. The number of nitrogens with zero attached hydrogens (tertiary/aromatic N) is 4. The van der Waals surface area contributed by atoms with Crippen LogP contribution >= 0.6 is 23.2 Å². The summed E-state index contributed by atoms with van der Waals surface area (Å²) in [6.45, 7) is 0. The van der Waals surface area contributed by atoms with Crippen LogP contribution in [0.2, 0.25) is 10.3 Å². The summed E-state index contributed by atoms with van der Waals surface area (Å²) in [6, 6.07) is 5.97. The van der Waals surface area contributed by atoms with Gasteiger partial charge < -0.3 is 0 Å². The number of ketones is 1. The summed E-state index contributed by atoms with van der Waals surface area (Å²) in [5.41, 5.74) is 3.09. The fourth-order valence-corrected chi connectivity index (χ4v) is 4.60. The molecule has 0 radical (unpaired) electrons. The Labute approximate surface area is 160 Å². The minimum absolute atomic E-state index is 0.104. The molecule has 2 heterocycles. The van der Waals surface area contributed by atoms with Crippen molar-refractivity contribution in [2.45, 2.75) is 44.1 Å². The third-order valence-corrected chi connectivity index (χ3v) is 5.88. The summed E-state index contributed by atoms with van der Waals surface area (Å²) < 4.78 is 1.98. The van der Waals surface area contributed by atoms with E-state index in [1.807, 2.05) is 29.1 Å². The van der Waals surface area contributed by atoms with Crippen molar-refractivity contribution in [3.63, 3.8) is 0 Å². The Bertz CT molecular complexity index is 1040. The van der Waals surface area contributed by atoms with Crippen molar-refractivity contribution in [2.24, 2.45) is 0 Å². The molecule has 0 aliphatic heterocycles. The van der Waals surface area contributed by atoms with Crippen LogP contribution in [-0.4, -0.2) is 25.5 Å². The number of Topliss-reactive ketones (excluding diaryl/α,β-unsaturated/α-hetero) is 1. The second-order valence-corrected chi connectivity index (χ2v) is 7.86. The van der Waals surface area contributed by atoms with Gasteiger partial charge in [0, 0.05) is 17.6 Å². The smallest absolute Gasteiger partial charge is 0.224 e. The number of halogens is 2. The Morgan fingerprint density at radius 3 is 2.73 bits per heavy atom. The molecular weight excluding hydrogens is 371 g/mol. The first-order chi connectivity index (χ1) is 12.6. The first-order valence-corrected chi connectivity index (χ1v) is 9.59. The van der Waals surface area contributed by atoms with Crippen molar-refractivity contribution < 1.29 is 4.79 Å². The van der Waals surface area contributed by atoms with E-state index in [0.717, 1.165) is 29.4 Å². The molecule has 0 amide bonds. The third-order valence-electron chi connectivity index (χ3n) is 5.48. The highest BCUT2D eigenvalue weighted by atomic mass is 35.5. The lowest BCUT2D eigenvalue weighted by atomic mass is 9.95. The van der Waals surface area contributed by atoms with E-state index in [4.69, 9.17) is 23.2 Å². The van der Waals surface area contributed by atoms with Crippen molar-refractivity contribution in [1.82, 2.24) is 19.7 Å². The number of carbonyl (C=O) groups is 1. The van der Waals surface area contributed by atoms with Gasteiger partial charge in [-0.3, -0.25) is 9.48 Å². The number of benzene rings is 1. The van der Waals surface area contributed by atoms with Crippen LogP contribution in [0.3, 0.4) is 0 Å². The molecule has 2 aliphatic rings. The molecule has 26 heavy (non-hydrogen) atoms. The molecule has 1 saturated carbocycles. The molecular formula is C19H16Cl2N4O. The number of hydrogen-bond acceptors (Lipinski definition) is 4. The van der Waals surface area contributed by atoms with Crippen LogP contribution in [0.25, 0.3) is 11.0 Å². The lowest BCUT2D eigenvalue weighted by molar-refractivity contribution is -0.118. The Hall–Kier alpha value is -1.98. The van der Waals surface area contributed by atoms with Gasteiger partial charge in [0.15, 0.2) is 11.4 Å². The van der Waals surface area contributed by atoms with E-state index < -0.39 is 5.92 Å². The molecule has 5 nitrogen and oxygen atoms in total. The van der Waals surface area contributed by atoms with E-state index in [9.17, 15) is 4.79 Å². The van der Waals surface area contributed by atoms with Crippen LogP contribution in [0.4, 0.5) is 0 Å². The maximum atomic E-state index is 12.8. The highest BCUT2D eigenvalue weighted by Gasteiger charge is 2.35. The van der Waals surface area contributed by atoms with E-state index in [-0.39, 0.29) is 11.1 Å². The molecule has 0 N–H and O–H groups in total. The fraction of sp³-hybridized carbons (Fsp3) is 0.368. The standard InChI is InChI=1S/C19H16Cl2N4O/c20-11-6-5-10-7-15(26)16(13(10)8-11)17-14-9-25(12-3-1-2-4-12)24-18(14)23-19(21)22-17/h5-6,8-9,12,16H,1-4,7H2. The van der Waals surface area contributed by atoms with Crippen molar-refractivity contribution >= 4 is 40.0 Å². The monoisotopic (exact) mass is 386 g/mol. The average molecular weight is 387 g/mol. The topological polar surface area (TPSA) is 60.7 Å². The van der Waals surface area contributed by atoms with Crippen LogP contribution in [-0.2, 0) is 11.2 Å². The van der Waals surface area contributed by atoms with Crippen molar-refractivity contribution in [3.05, 3.63) is 51.5 Å².